The van der Waals surface area contributed by atoms with Crippen molar-refractivity contribution in [2.24, 2.45) is 0 Å². The van der Waals surface area contributed by atoms with Crippen molar-refractivity contribution in [3.8, 4) is 0 Å². The molecule has 0 spiro atoms. The molecule has 5 heteroatoms. The van der Waals surface area contributed by atoms with Crippen LogP contribution in [0.15, 0.2) is 12.7 Å². The Morgan fingerprint density at radius 1 is 1.53 bits per heavy atom. The topological polar surface area (TPSA) is 69.6 Å². The molecule has 19 heavy (non-hydrogen) atoms. The zero-order chi connectivity index (χ0) is 14.3. The normalized spacial score (nSPS) is 22.3. The highest BCUT2D eigenvalue weighted by atomic mass is 16.4. The largest absolute Gasteiger partial charge is 0.479 e. The molecule has 1 unspecified atom stereocenters. The number of rotatable bonds is 7. The molecule has 0 aliphatic carbocycles. The lowest BCUT2D eigenvalue weighted by Gasteiger charge is -2.34. The maximum Gasteiger partial charge on any atom is 0.329 e. The molecule has 108 valence electrons. The smallest absolute Gasteiger partial charge is 0.329 e. The first kappa shape index (κ1) is 15.5. The lowest BCUT2D eigenvalue weighted by atomic mass is 9.91. The lowest BCUT2D eigenvalue weighted by molar-refractivity contribution is -0.148. The van der Waals surface area contributed by atoms with E-state index in [0.29, 0.717) is 25.9 Å². The van der Waals surface area contributed by atoms with Gasteiger partial charge in [-0.2, -0.15) is 0 Å². The molecule has 2 N–H and O–H groups in total. The molecule has 0 aromatic rings. The van der Waals surface area contributed by atoms with Crippen LogP contribution in [0.5, 0.6) is 0 Å². The van der Waals surface area contributed by atoms with Gasteiger partial charge in [0.2, 0.25) is 0 Å². The van der Waals surface area contributed by atoms with Crippen molar-refractivity contribution in [2.45, 2.75) is 51.0 Å². The zero-order valence-electron chi connectivity index (χ0n) is 11.7. The molecule has 0 bridgehead atoms. The van der Waals surface area contributed by atoms with E-state index in [-0.39, 0.29) is 6.03 Å². The standard InChI is InChI=1S/C14H24N2O3/c1-3-5-6-10-15-13(19)16-11-7-9-14(16,8-4-2)12(17)18/h3H,1,4-11H2,2H3,(H,15,19)(H,17,18). The van der Waals surface area contributed by atoms with E-state index in [9.17, 15) is 14.7 Å². The Labute approximate surface area is 114 Å². The second-order valence-corrected chi connectivity index (χ2v) is 5.00. The first-order valence-corrected chi connectivity index (χ1v) is 6.98. The summed E-state index contributed by atoms with van der Waals surface area (Å²) >= 11 is 0. The van der Waals surface area contributed by atoms with Crippen molar-refractivity contribution in [2.75, 3.05) is 13.1 Å². The van der Waals surface area contributed by atoms with Crippen molar-refractivity contribution in [1.82, 2.24) is 10.2 Å². The summed E-state index contributed by atoms with van der Waals surface area (Å²) in [6.45, 7) is 6.66. The van der Waals surface area contributed by atoms with Gasteiger partial charge in [0.15, 0.2) is 0 Å². The summed E-state index contributed by atoms with van der Waals surface area (Å²) in [5.74, 6) is -0.881. The molecule has 1 heterocycles. The van der Waals surface area contributed by atoms with Gasteiger partial charge in [0.1, 0.15) is 5.54 Å². The van der Waals surface area contributed by atoms with Gasteiger partial charge in [0.25, 0.3) is 0 Å². The fraction of sp³-hybridized carbons (Fsp3) is 0.714. The first-order valence-electron chi connectivity index (χ1n) is 6.98. The Balaban J connectivity index is 2.65. The molecule has 1 saturated heterocycles. The van der Waals surface area contributed by atoms with Gasteiger partial charge < -0.3 is 15.3 Å². The predicted molar refractivity (Wildman–Crippen MR) is 74.0 cm³/mol. The zero-order valence-corrected chi connectivity index (χ0v) is 11.7. The van der Waals surface area contributed by atoms with Crippen LogP contribution in [0, 0.1) is 0 Å². The van der Waals surface area contributed by atoms with E-state index in [1.807, 2.05) is 6.92 Å². The number of likely N-dealkylation sites (tertiary alicyclic amines) is 1. The van der Waals surface area contributed by atoms with Gasteiger partial charge in [-0.25, -0.2) is 9.59 Å². The summed E-state index contributed by atoms with van der Waals surface area (Å²) in [4.78, 5) is 25.2. The summed E-state index contributed by atoms with van der Waals surface area (Å²) < 4.78 is 0. The Hall–Kier alpha value is -1.52. The van der Waals surface area contributed by atoms with Gasteiger partial charge in [-0.15, -0.1) is 6.58 Å². The van der Waals surface area contributed by atoms with Crippen LogP contribution in [0.1, 0.15) is 45.4 Å². The third kappa shape index (κ3) is 3.49. The van der Waals surface area contributed by atoms with Crippen molar-refractivity contribution in [3.05, 3.63) is 12.7 Å². The number of amides is 2. The monoisotopic (exact) mass is 268 g/mol. The van der Waals surface area contributed by atoms with E-state index in [2.05, 4.69) is 11.9 Å². The SMILES string of the molecule is C=CCCCNC(=O)N1CCCC1(CCC)C(=O)O. The van der Waals surface area contributed by atoms with Gasteiger partial charge in [0.05, 0.1) is 0 Å². The van der Waals surface area contributed by atoms with E-state index in [4.69, 9.17) is 0 Å². The number of aliphatic carboxylic acids is 1. The fourth-order valence-electron chi connectivity index (χ4n) is 2.71. The average Bonchev–Trinajstić information content (AvgIpc) is 2.80. The third-order valence-corrected chi connectivity index (χ3v) is 3.66. The van der Waals surface area contributed by atoms with Crippen LogP contribution in [0.3, 0.4) is 0 Å². The van der Waals surface area contributed by atoms with Gasteiger partial charge in [-0.05, 0) is 32.1 Å². The summed E-state index contributed by atoms with van der Waals surface area (Å²) in [6, 6.07) is -0.252. The number of allylic oxidation sites excluding steroid dienone is 1. The number of hydrogen-bond donors (Lipinski definition) is 2. The van der Waals surface area contributed by atoms with Crippen LogP contribution in [0.2, 0.25) is 0 Å². The fourth-order valence-corrected chi connectivity index (χ4v) is 2.71. The Morgan fingerprint density at radius 3 is 2.84 bits per heavy atom. The molecule has 1 aliphatic rings. The van der Waals surface area contributed by atoms with E-state index in [1.165, 1.54) is 4.90 Å². The highest BCUT2D eigenvalue weighted by molar-refractivity contribution is 5.87. The number of nitrogens with zero attached hydrogens (tertiary/aromatic N) is 1. The van der Waals surface area contributed by atoms with Crippen molar-refractivity contribution in [3.63, 3.8) is 0 Å². The molecular formula is C14H24N2O3. The predicted octanol–water partition coefficient (Wildman–Crippen LogP) is 2.38. The van der Waals surface area contributed by atoms with Crippen molar-refractivity contribution < 1.29 is 14.7 Å². The molecule has 0 aromatic heterocycles. The number of carboxylic acids is 1. The van der Waals surface area contributed by atoms with Gasteiger partial charge in [-0.3, -0.25) is 0 Å². The highest BCUT2D eigenvalue weighted by Crippen LogP contribution is 2.33. The minimum Gasteiger partial charge on any atom is -0.479 e. The van der Waals surface area contributed by atoms with Crippen LogP contribution >= 0.6 is 0 Å². The Bertz CT molecular complexity index is 344. The van der Waals surface area contributed by atoms with Gasteiger partial charge in [0, 0.05) is 13.1 Å². The summed E-state index contributed by atoms with van der Waals surface area (Å²) in [6.07, 6.45) is 6.06. The number of carboxylic acid groups (broad SMARTS) is 1. The van der Waals surface area contributed by atoms with Crippen molar-refractivity contribution in [1.29, 1.82) is 0 Å². The molecule has 1 rings (SSSR count). The molecule has 0 saturated carbocycles. The molecule has 1 fully saturated rings. The van der Waals surface area contributed by atoms with Crippen molar-refractivity contribution >= 4 is 12.0 Å². The van der Waals surface area contributed by atoms with E-state index in [0.717, 1.165) is 25.7 Å². The number of carbonyl (C=O) groups excluding carboxylic acids is 1. The molecule has 5 nitrogen and oxygen atoms in total. The molecular weight excluding hydrogens is 244 g/mol. The van der Waals surface area contributed by atoms with Crippen LogP contribution < -0.4 is 5.32 Å². The Morgan fingerprint density at radius 2 is 2.26 bits per heavy atom. The third-order valence-electron chi connectivity index (χ3n) is 3.66. The molecule has 1 aliphatic heterocycles. The summed E-state index contributed by atoms with van der Waals surface area (Å²) in [7, 11) is 0. The number of urea groups is 1. The highest BCUT2D eigenvalue weighted by Gasteiger charge is 2.49. The first-order chi connectivity index (χ1) is 9.08. The quantitative estimate of drug-likeness (QED) is 0.550. The Kier molecular flexibility index (Phi) is 5.86. The van der Waals surface area contributed by atoms with Crippen LogP contribution in [0.4, 0.5) is 4.79 Å². The maximum atomic E-state index is 12.1. The summed E-state index contributed by atoms with van der Waals surface area (Å²) in [5, 5.41) is 12.3. The summed E-state index contributed by atoms with van der Waals surface area (Å²) in [5.41, 5.74) is -1.00. The van der Waals surface area contributed by atoms with E-state index < -0.39 is 11.5 Å². The second kappa shape index (κ2) is 7.16. The average molecular weight is 268 g/mol. The number of unbranched alkanes of at least 4 members (excludes halogenated alkanes) is 1. The van der Waals surface area contributed by atoms with Crippen LogP contribution in [-0.2, 0) is 4.79 Å². The number of hydrogen-bond acceptors (Lipinski definition) is 2. The van der Waals surface area contributed by atoms with E-state index in [1.54, 1.807) is 6.08 Å². The minimum atomic E-state index is -1.00. The van der Waals surface area contributed by atoms with Crippen LogP contribution in [-0.4, -0.2) is 40.6 Å². The molecule has 0 radical (unpaired) electrons. The number of nitrogens with one attached hydrogen (secondary N) is 1. The molecule has 2 amide bonds. The van der Waals surface area contributed by atoms with Gasteiger partial charge >= 0.3 is 12.0 Å². The minimum absolute atomic E-state index is 0.252. The van der Waals surface area contributed by atoms with Gasteiger partial charge in [-0.1, -0.05) is 19.4 Å². The second-order valence-electron chi connectivity index (χ2n) is 5.00. The van der Waals surface area contributed by atoms with E-state index >= 15 is 0 Å². The lowest BCUT2D eigenvalue weighted by Crippen LogP contribution is -2.56. The van der Waals surface area contributed by atoms with Crippen LogP contribution in [0.25, 0.3) is 0 Å². The molecule has 0 aromatic carbocycles. The maximum absolute atomic E-state index is 12.1. The molecule has 1 atom stereocenters. The number of carbonyl (C=O) groups is 2.